The highest BCUT2D eigenvalue weighted by Gasteiger charge is 2.60. The third-order valence-electron chi connectivity index (χ3n) is 10.6. The summed E-state index contributed by atoms with van der Waals surface area (Å²) in [5, 5.41) is 15.0. The number of fused-ring (bicyclic) bond motifs is 4. The smallest absolute Gasteiger partial charge is 0.121 e. The molecule has 46 heavy (non-hydrogen) atoms. The van der Waals surface area contributed by atoms with Crippen molar-refractivity contribution in [1.82, 2.24) is 0 Å². The quantitative estimate of drug-likeness (QED) is 0.113. The Kier molecular flexibility index (Phi) is 15.3. The van der Waals surface area contributed by atoms with Crippen molar-refractivity contribution < 1.29 is 31.3 Å². The van der Waals surface area contributed by atoms with Crippen LogP contribution < -0.4 is 21.7 Å². The maximum absolute atomic E-state index is 12.5. The van der Waals surface area contributed by atoms with Gasteiger partial charge in [0.1, 0.15) is 11.4 Å². The lowest BCUT2D eigenvalue weighted by Gasteiger charge is -2.60. The highest BCUT2D eigenvalue weighted by Crippen LogP contribution is 2.57. The van der Waals surface area contributed by atoms with Crippen LogP contribution in [0.3, 0.4) is 0 Å². The first-order valence-electron chi connectivity index (χ1n) is 17.3. The van der Waals surface area contributed by atoms with Gasteiger partial charge in [0.05, 0.1) is 32.8 Å². The molecule has 3 nitrogen and oxygen atoms in total. The second kappa shape index (κ2) is 18.4. The van der Waals surface area contributed by atoms with Crippen molar-refractivity contribution in [1.29, 1.82) is 0 Å². The molecule has 0 amide bonds. The third kappa shape index (κ3) is 8.83. The Morgan fingerprint density at radius 1 is 0.652 bits per heavy atom. The molecule has 4 aromatic rings. The number of hydrogen-bond acceptors (Lipinski definition) is 2. The molecule has 0 atom stereocenters. The van der Waals surface area contributed by atoms with E-state index in [1.807, 2.05) is 12.1 Å². The number of quaternary nitrogens is 1. The Labute approximate surface area is 299 Å². The summed E-state index contributed by atoms with van der Waals surface area (Å²) in [6, 6.07) is 35.5. The molecule has 3 heterocycles. The zero-order valence-electron chi connectivity index (χ0n) is 28.0. The zero-order valence-corrected chi connectivity index (χ0v) is 31.3. The maximum atomic E-state index is 12.5. The Bertz CT molecular complexity index is 1360. The van der Waals surface area contributed by atoms with Gasteiger partial charge < -0.3 is 31.3 Å². The third-order valence-corrected chi connectivity index (χ3v) is 10.6. The van der Waals surface area contributed by atoms with E-state index in [4.69, 9.17) is 4.74 Å². The molecule has 0 saturated carbocycles. The number of rotatable bonds is 13. The molecule has 7 rings (SSSR count). The molecular weight excluding hydrogens is 698 g/mol. The predicted molar refractivity (Wildman–Crippen MR) is 195 cm³/mol. The van der Waals surface area contributed by atoms with Crippen LogP contribution in [0.4, 0.5) is 0 Å². The van der Waals surface area contributed by atoms with Crippen molar-refractivity contribution in [2.24, 2.45) is 5.41 Å². The highest BCUT2D eigenvalue weighted by atomic mass is 79.9. The van der Waals surface area contributed by atoms with Crippen LogP contribution in [0.1, 0.15) is 89.2 Å². The SMILES string of the molecule is Br.CCCCCCCC.OC(c1ccccc1)(c1ccccc1)C12CC[N+](CCCOc3ccc4ccccc4c3)(CC1)CC2.[Br-]. The summed E-state index contributed by atoms with van der Waals surface area (Å²) in [5.74, 6) is 0.959. The van der Waals surface area contributed by atoms with Gasteiger partial charge >= 0.3 is 0 Å². The maximum Gasteiger partial charge on any atom is 0.121 e. The van der Waals surface area contributed by atoms with Crippen molar-refractivity contribution >= 4 is 27.8 Å². The van der Waals surface area contributed by atoms with E-state index in [9.17, 15) is 5.11 Å². The topological polar surface area (TPSA) is 29.5 Å². The summed E-state index contributed by atoms with van der Waals surface area (Å²) in [4.78, 5) is 0. The van der Waals surface area contributed by atoms with E-state index in [0.717, 1.165) is 75.3 Å². The Morgan fingerprint density at radius 2 is 1.15 bits per heavy atom. The molecule has 3 fully saturated rings. The van der Waals surface area contributed by atoms with Gasteiger partial charge in [-0.3, -0.25) is 0 Å². The second-order valence-corrected chi connectivity index (χ2v) is 13.3. The zero-order chi connectivity index (χ0) is 30.7. The number of nitrogens with zero attached hydrogens (tertiary/aromatic N) is 1. The number of hydrogen-bond donors (Lipinski definition) is 1. The van der Waals surface area contributed by atoms with E-state index in [-0.39, 0.29) is 39.4 Å². The average Bonchev–Trinajstić information content (AvgIpc) is 3.10. The van der Waals surface area contributed by atoms with Gasteiger partial charge in [0.25, 0.3) is 0 Å². The van der Waals surface area contributed by atoms with E-state index in [1.54, 1.807) is 0 Å². The van der Waals surface area contributed by atoms with E-state index >= 15 is 0 Å². The summed E-state index contributed by atoms with van der Waals surface area (Å²) in [6.07, 6.45) is 12.7. The van der Waals surface area contributed by atoms with Gasteiger partial charge in [-0.1, -0.05) is 143 Å². The normalized spacial score (nSPS) is 20.2. The van der Waals surface area contributed by atoms with Crippen molar-refractivity contribution in [3.05, 3.63) is 114 Å². The lowest BCUT2D eigenvalue weighted by atomic mass is 9.56. The van der Waals surface area contributed by atoms with Gasteiger partial charge in [-0.15, -0.1) is 17.0 Å². The second-order valence-electron chi connectivity index (χ2n) is 13.3. The molecule has 0 unspecified atom stereocenters. The van der Waals surface area contributed by atoms with Crippen LogP contribution in [-0.4, -0.2) is 42.4 Å². The number of halogens is 2. The summed E-state index contributed by atoms with van der Waals surface area (Å²) in [6.45, 7) is 9.83. The summed E-state index contributed by atoms with van der Waals surface area (Å²) in [5.41, 5.74) is 0.992. The molecule has 0 aliphatic carbocycles. The van der Waals surface area contributed by atoms with Crippen LogP contribution in [0.25, 0.3) is 10.8 Å². The lowest BCUT2D eigenvalue weighted by Crippen LogP contribution is -3.00. The molecular formula is C41H55Br2NO2. The molecule has 250 valence electrons. The highest BCUT2D eigenvalue weighted by molar-refractivity contribution is 8.93. The molecule has 2 bridgehead atoms. The number of unbranched alkanes of at least 4 members (excludes halogenated alkanes) is 5. The predicted octanol–water partition coefficient (Wildman–Crippen LogP) is 7.49. The van der Waals surface area contributed by atoms with Crippen LogP contribution in [0.15, 0.2) is 103 Å². The van der Waals surface area contributed by atoms with Gasteiger partial charge in [-0.05, 0) is 34.0 Å². The van der Waals surface area contributed by atoms with Crippen LogP contribution in [0, 0.1) is 5.41 Å². The molecule has 0 radical (unpaired) electrons. The molecule has 0 aromatic heterocycles. The van der Waals surface area contributed by atoms with Crippen molar-refractivity contribution in [2.45, 2.75) is 83.7 Å². The standard InChI is InChI=1S/C33H36NO2.C8H18.2BrH/c35-33(29-12-3-1-4-13-29,30-14-5-2-6-15-30)32-18-22-34(23-19-32,24-20-32)21-9-25-36-31-17-16-27-10-7-8-11-28(27)26-31;1-3-5-7-8-6-4-2;;/h1-8,10-17,26,35H,9,18-25H2;3-8H2,1-2H3;2*1H/q+1;;;/p-1. The fourth-order valence-corrected chi connectivity index (χ4v) is 7.78. The van der Waals surface area contributed by atoms with Gasteiger partial charge in [0.15, 0.2) is 0 Å². The Morgan fingerprint density at radius 3 is 1.67 bits per heavy atom. The summed E-state index contributed by atoms with van der Waals surface area (Å²) >= 11 is 0. The van der Waals surface area contributed by atoms with Gasteiger partial charge in [0.2, 0.25) is 0 Å². The van der Waals surface area contributed by atoms with Crippen molar-refractivity contribution in [2.75, 3.05) is 32.8 Å². The first-order valence-corrected chi connectivity index (χ1v) is 17.3. The summed E-state index contributed by atoms with van der Waals surface area (Å²) in [7, 11) is 0. The van der Waals surface area contributed by atoms with Crippen molar-refractivity contribution in [3.8, 4) is 5.75 Å². The number of piperidine rings is 3. The fourth-order valence-electron chi connectivity index (χ4n) is 7.78. The number of ether oxygens (including phenoxy) is 1. The van der Waals surface area contributed by atoms with Gasteiger partial charge in [-0.25, -0.2) is 0 Å². The fraction of sp³-hybridized carbons (Fsp3) is 0.463. The number of aliphatic hydroxyl groups is 1. The first kappa shape index (κ1) is 38.3. The lowest BCUT2D eigenvalue weighted by molar-refractivity contribution is -0.946. The van der Waals surface area contributed by atoms with E-state index in [0.29, 0.717) is 0 Å². The van der Waals surface area contributed by atoms with E-state index in [2.05, 4.69) is 105 Å². The molecule has 5 heteroatoms. The van der Waals surface area contributed by atoms with Gasteiger partial charge in [-0.2, -0.15) is 0 Å². The summed E-state index contributed by atoms with van der Waals surface area (Å²) < 4.78 is 7.32. The van der Waals surface area contributed by atoms with Gasteiger partial charge in [0, 0.05) is 31.1 Å². The van der Waals surface area contributed by atoms with Crippen molar-refractivity contribution in [3.63, 3.8) is 0 Å². The van der Waals surface area contributed by atoms with E-state index < -0.39 is 5.60 Å². The van der Waals surface area contributed by atoms with Crippen LogP contribution >= 0.6 is 17.0 Å². The minimum atomic E-state index is -0.953. The van der Waals surface area contributed by atoms with Crippen LogP contribution in [0.2, 0.25) is 0 Å². The molecule has 3 aliphatic rings. The minimum Gasteiger partial charge on any atom is -1.00 e. The van der Waals surface area contributed by atoms with Crippen LogP contribution in [-0.2, 0) is 5.60 Å². The molecule has 3 saturated heterocycles. The first-order chi connectivity index (χ1) is 21.5. The molecule has 1 N–H and O–H groups in total. The monoisotopic (exact) mass is 751 g/mol. The van der Waals surface area contributed by atoms with Crippen LogP contribution in [0.5, 0.6) is 5.75 Å². The largest absolute Gasteiger partial charge is 1.00 e. The Hall–Kier alpha value is -2.18. The molecule has 0 spiro atoms. The number of benzene rings is 4. The average molecular weight is 754 g/mol. The minimum absolute atomic E-state index is 0. The molecule has 4 aromatic carbocycles. The molecule has 3 aliphatic heterocycles. The van der Waals surface area contributed by atoms with E-state index in [1.165, 1.54) is 53.8 Å². The Balaban J connectivity index is 0.000000514.